The number of carbonyl (C=O) groups is 2. The number of esters is 1. The molecule has 1 N–H and O–H groups in total. The van der Waals surface area contributed by atoms with Gasteiger partial charge in [0, 0.05) is 12.0 Å². The van der Waals surface area contributed by atoms with Gasteiger partial charge in [-0.1, -0.05) is 53.7 Å². The zero-order valence-corrected chi connectivity index (χ0v) is 14.8. The number of aromatic nitrogens is 2. The van der Waals surface area contributed by atoms with Gasteiger partial charge in [0.25, 0.3) is 11.8 Å². The SMILES string of the molecule is Cc1noc(COC(=O)[C@H](Cc2ccccc2)NC(=O)c2ccccc2)n1. The molecule has 7 nitrogen and oxygen atoms in total. The average molecular weight is 365 g/mol. The summed E-state index contributed by atoms with van der Waals surface area (Å²) in [5.74, 6) is -0.255. The number of ether oxygens (including phenoxy) is 1. The molecule has 0 bridgehead atoms. The number of hydrogen-bond acceptors (Lipinski definition) is 6. The van der Waals surface area contributed by atoms with E-state index in [0.717, 1.165) is 5.56 Å². The lowest BCUT2D eigenvalue weighted by molar-refractivity contribution is -0.148. The van der Waals surface area contributed by atoms with E-state index < -0.39 is 12.0 Å². The van der Waals surface area contributed by atoms with E-state index in [-0.39, 0.29) is 18.4 Å². The van der Waals surface area contributed by atoms with Gasteiger partial charge >= 0.3 is 5.97 Å². The molecule has 0 aliphatic carbocycles. The van der Waals surface area contributed by atoms with E-state index in [1.54, 1.807) is 31.2 Å². The largest absolute Gasteiger partial charge is 0.454 e. The molecule has 0 saturated heterocycles. The van der Waals surface area contributed by atoms with E-state index in [2.05, 4.69) is 15.5 Å². The summed E-state index contributed by atoms with van der Waals surface area (Å²) in [5, 5.41) is 6.39. The number of nitrogens with zero attached hydrogens (tertiary/aromatic N) is 2. The van der Waals surface area contributed by atoms with Gasteiger partial charge in [-0.05, 0) is 24.6 Å². The summed E-state index contributed by atoms with van der Waals surface area (Å²) in [5.41, 5.74) is 1.37. The molecule has 0 aliphatic heterocycles. The molecule has 27 heavy (non-hydrogen) atoms. The van der Waals surface area contributed by atoms with Crippen LogP contribution in [0.5, 0.6) is 0 Å². The lowest BCUT2D eigenvalue weighted by atomic mass is 10.1. The topological polar surface area (TPSA) is 94.3 Å². The fourth-order valence-corrected chi connectivity index (χ4v) is 2.51. The molecular weight excluding hydrogens is 346 g/mol. The van der Waals surface area contributed by atoms with Crippen LogP contribution in [-0.4, -0.2) is 28.1 Å². The molecule has 1 atom stereocenters. The lowest BCUT2D eigenvalue weighted by Crippen LogP contribution is -2.43. The molecule has 138 valence electrons. The van der Waals surface area contributed by atoms with Gasteiger partial charge in [0.05, 0.1) is 0 Å². The van der Waals surface area contributed by atoms with Crippen LogP contribution < -0.4 is 5.32 Å². The molecule has 0 fully saturated rings. The molecule has 0 aliphatic rings. The van der Waals surface area contributed by atoms with Crippen LogP contribution in [0, 0.1) is 6.92 Å². The fraction of sp³-hybridized carbons (Fsp3) is 0.200. The van der Waals surface area contributed by atoms with Gasteiger partial charge in [0.15, 0.2) is 12.4 Å². The minimum atomic E-state index is -0.843. The van der Waals surface area contributed by atoms with E-state index in [0.29, 0.717) is 17.8 Å². The van der Waals surface area contributed by atoms with Crippen LogP contribution in [0.4, 0.5) is 0 Å². The maximum Gasteiger partial charge on any atom is 0.329 e. The van der Waals surface area contributed by atoms with Gasteiger partial charge in [-0.15, -0.1) is 0 Å². The first-order valence-corrected chi connectivity index (χ1v) is 8.47. The predicted molar refractivity (Wildman–Crippen MR) is 96.7 cm³/mol. The molecule has 0 saturated carbocycles. The highest BCUT2D eigenvalue weighted by atomic mass is 16.6. The van der Waals surface area contributed by atoms with E-state index in [1.807, 2.05) is 36.4 Å². The molecule has 0 spiro atoms. The Morgan fingerprint density at radius 1 is 1.07 bits per heavy atom. The molecule has 3 aromatic rings. The first kappa shape index (κ1) is 18.3. The maximum absolute atomic E-state index is 12.6. The third kappa shape index (κ3) is 5.24. The highest BCUT2D eigenvalue weighted by molar-refractivity contribution is 5.96. The Hall–Kier alpha value is -3.48. The van der Waals surface area contributed by atoms with E-state index in [4.69, 9.17) is 9.26 Å². The van der Waals surface area contributed by atoms with Crippen LogP contribution in [0.25, 0.3) is 0 Å². The number of aryl methyl sites for hydroxylation is 1. The second-order valence-electron chi connectivity index (χ2n) is 5.92. The minimum Gasteiger partial charge on any atom is -0.454 e. The number of hydrogen-bond donors (Lipinski definition) is 1. The Balaban J connectivity index is 1.70. The summed E-state index contributed by atoms with van der Waals surface area (Å²) in [4.78, 5) is 29.0. The molecule has 0 radical (unpaired) electrons. The van der Waals surface area contributed by atoms with E-state index in [1.165, 1.54) is 0 Å². The monoisotopic (exact) mass is 365 g/mol. The Kier molecular flexibility index (Phi) is 5.94. The molecule has 1 heterocycles. The first-order chi connectivity index (χ1) is 13.1. The van der Waals surface area contributed by atoms with Crippen molar-refractivity contribution in [2.75, 3.05) is 0 Å². The van der Waals surface area contributed by atoms with Crippen LogP contribution >= 0.6 is 0 Å². The highest BCUT2D eigenvalue weighted by Gasteiger charge is 2.24. The Bertz CT molecular complexity index is 894. The van der Waals surface area contributed by atoms with Crippen LogP contribution in [-0.2, 0) is 22.6 Å². The molecule has 2 aromatic carbocycles. The van der Waals surface area contributed by atoms with Crippen molar-refractivity contribution in [3.05, 3.63) is 83.5 Å². The van der Waals surface area contributed by atoms with Gasteiger partial charge < -0.3 is 14.6 Å². The first-order valence-electron chi connectivity index (χ1n) is 8.47. The smallest absolute Gasteiger partial charge is 0.329 e. The minimum absolute atomic E-state index is 0.147. The van der Waals surface area contributed by atoms with Gasteiger partial charge in [0.2, 0.25) is 0 Å². The van der Waals surface area contributed by atoms with Gasteiger partial charge in [0.1, 0.15) is 6.04 Å². The zero-order valence-electron chi connectivity index (χ0n) is 14.8. The number of rotatable bonds is 7. The van der Waals surface area contributed by atoms with Gasteiger partial charge in [-0.3, -0.25) is 4.79 Å². The number of carbonyl (C=O) groups excluding carboxylic acids is 2. The van der Waals surface area contributed by atoms with Gasteiger partial charge in [-0.2, -0.15) is 4.98 Å². The van der Waals surface area contributed by atoms with Gasteiger partial charge in [-0.25, -0.2) is 4.79 Å². The van der Waals surface area contributed by atoms with Crippen molar-refractivity contribution in [2.45, 2.75) is 26.0 Å². The summed E-state index contributed by atoms with van der Waals surface area (Å²) >= 11 is 0. The van der Waals surface area contributed by atoms with Crippen molar-refractivity contribution in [1.29, 1.82) is 0 Å². The molecular formula is C20H19N3O4. The van der Waals surface area contributed by atoms with Crippen molar-refractivity contribution < 1.29 is 18.8 Å². The van der Waals surface area contributed by atoms with Crippen molar-refractivity contribution in [3.63, 3.8) is 0 Å². The summed E-state index contributed by atoms with van der Waals surface area (Å²) < 4.78 is 10.2. The average Bonchev–Trinajstić information content (AvgIpc) is 3.12. The second kappa shape index (κ2) is 8.75. The standard InChI is InChI=1S/C20H19N3O4/c1-14-21-18(27-23-14)13-26-20(25)17(12-15-8-4-2-5-9-15)22-19(24)16-10-6-3-7-11-16/h2-11,17H,12-13H2,1H3,(H,22,24)/t17-/m0/s1. The quantitative estimate of drug-likeness (QED) is 0.647. The lowest BCUT2D eigenvalue weighted by Gasteiger charge is -2.17. The summed E-state index contributed by atoms with van der Waals surface area (Å²) in [6, 6.07) is 17.3. The van der Waals surface area contributed by atoms with Crippen molar-refractivity contribution >= 4 is 11.9 Å². The number of nitrogens with one attached hydrogen (secondary N) is 1. The van der Waals surface area contributed by atoms with E-state index in [9.17, 15) is 9.59 Å². The van der Waals surface area contributed by atoms with Crippen molar-refractivity contribution in [3.8, 4) is 0 Å². The van der Waals surface area contributed by atoms with Crippen LogP contribution in [0.15, 0.2) is 65.2 Å². The number of benzene rings is 2. The summed E-state index contributed by atoms with van der Waals surface area (Å²) in [6.07, 6.45) is 0.307. The van der Waals surface area contributed by atoms with Crippen LogP contribution in [0.2, 0.25) is 0 Å². The fourth-order valence-electron chi connectivity index (χ4n) is 2.51. The predicted octanol–water partition coefficient (Wildman–Crippen LogP) is 2.46. The van der Waals surface area contributed by atoms with Crippen molar-refractivity contribution in [2.24, 2.45) is 0 Å². The zero-order chi connectivity index (χ0) is 19.1. The second-order valence-corrected chi connectivity index (χ2v) is 5.92. The normalized spacial score (nSPS) is 11.6. The molecule has 1 amide bonds. The molecule has 7 heteroatoms. The summed E-state index contributed by atoms with van der Waals surface area (Å²) in [7, 11) is 0. The number of amides is 1. The van der Waals surface area contributed by atoms with Crippen LogP contribution in [0.1, 0.15) is 27.6 Å². The third-order valence-electron chi connectivity index (χ3n) is 3.82. The molecule has 3 rings (SSSR count). The molecule has 1 aromatic heterocycles. The van der Waals surface area contributed by atoms with Crippen LogP contribution in [0.3, 0.4) is 0 Å². The molecule has 0 unspecified atom stereocenters. The van der Waals surface area contributed by atoms with Crippen molar-refractivity contribution in [1.82, 2.24) is 15.5 Å². The third-order valence-corrected chi connectivity index (χ3v) is 3.82. The maximum atomic E-state index is 12.6. The Labute approximate surface area is 156 Å². The highest BCUT2D eigenvalue weighted by Crippen LogP contribution is 2.08. The summed E-state index contributed by atoms with van der Waals surface area (Å²) in [6.45, 7) is 1.53. The Morgan fingerprint density at radius 3 is 2.37 bits per heavy atom. The Morgan fingerprint density at radius 2 is 1.74 bits per heavy atom. The van der Waals surface area contributed by atoms with E-state index >= 15 is 0 Å².